The van der Waals surface area contributed by atoms with Crippen molar-refractivity contribution in [2.45, 2.75) is 18.9 Å². The molecule has 0 saturated heterocycles. The summed E-state index contributed by atoms with van der Waals surface area (Å²) in [6, 6.07) is 3.76. The fourth-order valence-electron chi connectivity index (χ4n) is 2.08. The van der Waals surface area contributed by atoms with Crippen LogP contribution in [0.5, 0.6) is 5.75 Å². The number of carbonyl (C=O) groups is 1. The van der Waals surface area contributed by atoms with Gasteiger partial charge in [0, 0.05) is 11.5 Å². The van der Waals surface area contributed by atoms with Gasteiger partial charge in [-0.25, -0.2) is 4.39 Å². The van der Waals surface area contributed by atoms with Crippen LogP contribution in [0.3, 0.4) is 0 Å². The molecule has 0 bridgehead atoms. The zero-order chi connectivity index (χ0) is 12.6. The van der Waals surface area contributed by atoms with E-state index < -0.39 is 29.7 Å². The zero-order valence-electron chi connectivity index (χ0n) is 9.31. The predicted molar refractivity (Wildman–Crippen MR) is 57.2 cm³/mol. The van der Waals surface area contributed by atoms with Crippen LogP contribution >= 0.6 is 0 Å². The summed E-state index contributed by atoms with van der Waals surface area (Å²) in [5.41, 5.74) is -1.37. The average molecular weight is 240 g/mol. The Morgan fingerprint density at radius 2 is 2.35 bits per heavy atom. The Hall–Kier alpha value is -1.62. The topological polar surface area (TPSA) is 66.8 Å². The third-order valence-corrected chi connectivity index (χ3v) is 3.13. The quantitative estimate of drug-likeness (QED) is 0.822. The highest BCUT2D eigenvalue weighted by Gasteiger charge is 2.43. The molecule has 17 heavy (non-hydrogen) atoms. The van der Waals surface area contributed by atoms with Gasteiger partial charge in [-0.05, 0) is 18.2 Å². The smallest absolute Gasteiger partial charge is 0.306 e. The molecular weight excluding hydrogens is 227 g/mol. The third kappa shape index (κ3) is 1.98. The number of rotatable bonds is 2. The summed E-state index contributed by atoms with van der Waals surface area (Å²) in [6.45, 7) is 1.89. The molecule has 0 aromatic heterocycles. The summed E-state index contributed by atoms with van der Waals surface area (Å²) in [4.78, 5) is 10.8. The molecule has 0 spiro atoms. The summed E-state index contributed by atoms with van der Waals surface area (Å²) >= 11 is 0. The van der Waals surface area contributed by atoms with E-state index in [9.17, 15) is 14.3 Å². The number of aliphatic hydroxyl groups is 1. The number of ether oxygens (including phenoxy) is 1. The first-order valence-electron chi connectivity index (χ1n) is 5.30. The van der Waals surface area contributed by atoms with Crippen LogP contribution in [0.4, 0.5) is 4.39 Å². The van der Waals surface area contributed by atoms with E-state index in [-0.39, 0.29) is 12.2 Å². The number of hydrogen-bond donors (Lipinski definition) is 2. The Kier molecular flexibility index (Phi) is 2.79. The van der Waals surface area contributed by atoms with Gasteiger partial charge >= 0.3 is 5.97 Å². The molecule has 5 heteroatoms. The maximum absolute atomic E-state index is 13.2. The molecule has 0 saturated carbocycles. The minimum Gasteiger partial charge on any atom is -0.493 e. The number of carboxylic acid groups (broad SMARTS) is 1. The maximum Gasteiger partial charge on any atom is 0.306 e. The molecule has 1 aliphatic heterocycles. The van der Waals surface area contributed by atoms with E-state index in [1.165, 1.54) is 12.1 Å². The second-order valence-corrected chi connectivity index (χ2v) is 4.35. The molecule has 0 unspecified atom stereocenters. The second kappa shape index (κ2) is 4.00. The molecule has 2 rings (SSSR count). The van der Waals surface area contributed by atoms with Gasteiger partial charge in [0.1, 0.15) is 17.2 Å². The summed E-state index contributed by atoms with van der Waals surface area (Å²) in [6.07, 6.45) is -0.464. The lowest BCUT2D eigenvalue weighted by molar-refractivity contribution is -0.147. The van der Waals surface area contributed by atoms with Crippen molar-refractivity contribution >= 4 is 5.97 Å². The first-order chi connectivity index (χ1) is 7.93. The average Bonchev–Trinajstić information content (AvgIpc) is 2.24. The number of benzene rings is 1. The zero-order valence-corrected chi connectivity index (χ0v) is 9.31. The molecule has 0 aliphatic carbocycles. The Bertz CT molecular complexity index is 460. The van der Waals surface area contributed by atoms with Gasteiger partial charge in [-0.2, -0.15) is 0 Å². The van der Waals surface area contributed by atoms with Gasteiger partial charge in [0.15, 0.2) is 0 Å². The first-order valence-corrected chi connectivity index (χ1v) is 5.30. The van der Waals surface area contributed by atoms with Crippen molar-refractivity contribution in [1.82, 2.24) is 0 Å². The first kappa shape index (κ1) is 11.9. The molecule has 1 aromatic carbocycles. The lowest BCUT2D eigenvalue weighted by atomic mass is 9.78. The van der Waals surface area contributed by atoms with Crippen molar-refractivity contribution in [1.29, 1.82) is 0 Å². The van der Waals surface area contributed by atoms with Gasteiger partial charge < -0.3 is 14.9 Å². The van der Waals surface area contributed by atoms with E-state index in [2.05, 4.69) is 0 Å². The second-order valence-electron chi connectivity index (χ2n) is 4.35. The summed E-state index contributed by atoms with van der Waals surface area (Å²) in [5.74, 6) is -1.72. The fraction of sp³-hybridized carbons (Fsp3) is 0.417. The van der Waals surface area contributed by atoms with Crippen molar-refractivity contribution in [3.8, 4) is 5.75 Å². The molecule has 0 amide bonds. The molecule has 4 nitrogen and oxygen atoms in total. The van der Waals surface area contributed by atoms with Crippen molar-refractivity contribution < 1.29 is 24.1 Å². The third-order valence-electron chi connectivity index (χ3n) is 3.13. The van der Waals surface area contributed by atoms with Crippen LogP contribution in [0.2, 0.25) is 0 Å². The van der Waals surface area contributed by atoms with Crippen LogP contribution in [-0.2, 0) is 10.4 Å². The van der Waals surface area contributed by atoms with E-state index >= 15 is 0 Å². The Balaban J connectivity index is 2.52. The van der Waals surface area contributed by atoms with Gasteiger partial charge in [-0.15, -0.1) is 0 Å². The lowest BCUT2D eigenvalue weighted by Crippen LogP contribution is -2.42. The van der Waals surface area contributed by atoms with Crippen LogP contribution in [0.15, 0.2) is 18.2 Å². The van der Waals surface area contributed by atoms with E-state index in [0.717, 1.165) is 6.07 Å². The van der Waals surface area contributed by atoms with Crippen molar-refractivity contribution in [3.05, 3.63) is 29.6 Å². The molecule has 1 aromatic rings. The maximum atomic E-state index is 13.2. The van der Waals surface area contributed by atoms with Gasteiger partial charge in [0.25, 0.3) is 0 Å². The molecule has 2 atom stereocenters. The van der Waals surface area contributed by atoms with E-state index in [1.807, 2.05) is 0 Å². The summed E-state index contributed by atoms with van der Waals surface area (Å²) in [5, 5.41) is 19.3. The van der Waals surface area contributed by atoms with Crippen LogP contribution < -0.4 is 4.74 Å². The minimum absolute atomic E-state index is 0.207. The lowest BCUT2D eigenvalue weighted by Gasteiger charge is -2.38. The number of carboxylic acids is 1. The van der Waals surface area contributed by atoms with Gasteiger partial charge in [-0.3, -0.25) is 4.79 Å². The van der Waals surface area contributed by atoms with Crippen molar-refractivity contribution in [2.24, 2.45) is 5.92 Å². The number of aliphatic carboxylic acids is 1. The molecule has 2 N–H and O–H groups in total. The molecule has 0 fully saturated rings. The van der Waals surface area contributed by atoms with Gasteiger partial charge in [-0.1, -0.05) is 6.92 Å². The fourth-order valence-corrected chi connectivity index (χ4v) is 2.08. The van der Waals surface area contributed by atoms with Crippen LogP contribution in [0.1, 0.15) is 18.9 Å². The van der Waals surface area contributed by atoms with Gasteiger partial charge in [0.2, 0.25) is 0 Å². The monoisotopic (exact) mass is 240 g/mol. The standard InChI is InChI=1S/C12H13FO4/c1-7-6-17-10-3-2-8(13)4-9(10)12(7,16)5-11(14)15/h2-4,7,16H,5-6H2,1H3,(H,14,15)/t7-,12+/m1/s1. The molecule has 1 aliphatic rings. The molecule has 1 heterocycles. The summed E-state index contributed by atoms with van der Waals surface area (Å²) < 4.78 is 18.5. The van der Waals surface area contributed by atoms with E-state index in [0.29, 0.717) is 5.75 Å². The number of halogens is 1. The van der Waals surface area contributed by atoms with Crippen molar-refractivity contribution in [3.63, 3.8) is 0 Å². The SMILES string of the molecule is C[C@@H]1COc2ccc(F)cc2[C@]1(O)CC(=O)O. The molecule has 92 valence electrons. The van der Waals surface area contributed by atoms with Crippen LogP contribution in [0.25, 0.3) is 0 Å². The van der Waals surface area contributed by atoms with Crippen molar-refractivity contribution in [2.75, 3.05) is 6.61 Å². The van der Waals surface area contributed by atoms with Crippen LogP contribution in [-0.4, -0.2) is 22.8 Å². The highest BCUT2D eigenvalue weighted by atomic mass is 19.1. The van der Waals surface area contributed by atoms with Crippen LogP contribution in [0, 0.1) is 11.7 Å². The molecule has 0 radical (unpaired) electrons. The number of hydrogen-bond acceptors (Lipinski definition) is 3. The van der Waals surface area contributed by atoms with Gasteiger partial charge in [0.05, 0.1) is 13.0 Å². The number of fused-ring (bicyclic) bond motifs is 1. The van der Waals surface area contributed by atoms with E-state index in [4.69, 9.17) is 9.84 Å². The Morgan fingerprint density at radius 3 is 3.00 bits per heavy atom. The largest absolute Gasteiger partial charge is 0.493 e. The normalized spacial score (nSPS) is 27.1. The predicted octanol–water partition coefficient (Wildman–Crippen LogP) is 1.52. The molecular formula is C12H13FO4. The van der Waals surface area contributed by atoms with E-state index in [1.54, 1.807) is 6.92 Å². The Morgan fingerprint density at radius 1 is 1.65 bits per heavy atom. The summed E-state index contributed by atoms with van der Waals surface area (Å²) in [7, 11) is 0. The Labute approximate surface area is 97.6 Å². The highest BCUT2D eigenvalue weighted by Crippen LogP contribution is 2.42. The minimum atomic E-state index is -1.58. The highest BCUT2D eigenvalue weighted by molar-refractivity contribution is 5.69.